The third-order valence-electron chi connectivity index (χ3n) is 1.61. The minimum absolute atomic E-state index is 0.896. The molecule has 0 spiro atoms. The highest BCUT2D eigenvalue weighted by Gasteiger charge is 1.99. The van der Waals surface area contributed by atoms with E-state index in [0.717, 1.165) is 28.5 Å². The van der Waals surface area contributed by atoms with E-state index in [1.54, 1.807) is 11.3 Å². The zero-order chi connectivity index (χ0) is 9.68. The van der Waals surface area contributed by atoms with Crippen LogP contribution in [-0.2, 0) is 0 Å². The van der Waals surface area contributed by atoms with Crippen LogP contribution in [0.25, 0.3) is 0 Å². The summed E-state index contributed by atoms with van der Waals surface area (Å²) >= 11 is 1.67. The molecule has 1 aromatic rings. The van der Waals surface area contributed by atoms with Crippen molar-refractivity contribution in [2.24, 2.45) is 0 Å². The third kappa shape index (κ3) is 3.17. The van der Waals surface area contributed by atoms with Crippen LogP contribution in [0, 0.1) is 25.7 Å². The van der Waals surface area contributed by atoms with Gasteiger partial charge in [0.25, 0.3) is 0 Å². The summed E-state index contributed by atoms with van der Waals surface area (Å²) in [6, 6.07) is 0. The lowest BCUT2D eigenvalue weighted by Crippen LogP contribution is -2.05. The van der Waals surface area contributed by atoms with Gasteiger partial charge in [0.2, 0.25) is 0 Å². The lowest BCUT2D eigenvalue weighted by molar-refractivity contribution is 0.818. The number of hydrogen-bond donors (Lipinski definition) is 1. The first-order valence-electron chi connectivity index (χ1n) is 4.31. The number of thiazole rings is 1. The molecule has 70 valence electrons. The molecular weight excluding hydrogens is 180 g/mol. The Labute approximate surface area is 83.4 Å². The predicted octanol–water partition coefficient (Wildman–Crippen LogP) is 1.72. The van der Waals surface area contributed by atoms with E-state index in [0.29, 0.717) is 0 Å². The molecule has 0 bridgehead atoms. The van der Waals surface area contributed by atoms with E-state index in [4.69, 9.17) is 0 Å². The second-order valence-electron chi connectivity index (χ2n) is 2.80. The molecule has 0 fully saturated rings. The van der Waals surface area contributed by atoms with Crippen molar-refractivity contribution in [2.45, 2.75) is 20.3 Å². The minimum atomic E-state index is 0.896. The molecule has 2 nitrogen and oxygen atoms in total. The van der Waals surface area contributed by atoms with Crippen LogP contribution in [0.4, 0.5) is 0 Å². The molecule has 0 saturated carbocycles. The SMILES string of the molecule is CNCCC#Cc1sc(C)nc1C. The minimum Gasteiger partial charge on any atom is -0.319 e. The van der Waals surface area contributed by atoms with Crippen molar-refractivity contribution in [3.63, 3.8) is 0 Å². The molecule has 0 aliphatic carbocycles. The van der Waals surface area contributed by atoms with Crippen LogP contribution >= 0.6 is 11.3 Å². The zero-order valence-electron chi connectivity index (χ0n) is 8.27. The molecule has 13 heavy (non-hydrogen) atoms. The summed E-state index contributed by atoms with van der Waals surface area (Å²) in [4.78, 5) is 5.42. The highest BCUT2D eigenvalue weighted by molar-refractivity contribution is 7.12. The number of hydrogen-bond acceptors (Lipinski definition) is 3. The Kier molecular flexibility index (Phi) is 3.94. The predicted molar refractivity (Wildman–Crippen MR) is 57.0 cm³/mol. The van der Waals surface area contributed by atoms with E-state index in [-0.39, 0.29) is 0 Å². The van der Waals surface area contributed by atoms with Crippen molar-refractivity contribution in [2.75, 3.05) is 13.6 Å². The van der Waals surface area contributed by atoms with Gasteiger partial charge in [0, 0.05) is 13.0 Å². The van der Waals surface area contributed by atoms with Crippen molar-refractivity contribution in [3.05, 3.63) is 15.6 Å². The molecule has 0 aliphatic rings. The normalized spacial score (nSPS) is 9.46. The second-order valence-corrected chi connectivity index (χ2v) is 4.01. The molecule has 0 aromatic carbocycles. The number of aromatic nitrogens is 1. The fourth-order valence-corrected chi connectivity index (χ4v) is 1.77. The molecule has 0 saturated heterocycles. The maximum Gasteiger partial charge on any atom is 0.0998 e. The van der Waals surface area contributed by atoms with Crippen LogP contribution in [0.15, 0.2) is 0 Å². The van der Waals surface area contributed by atoms with Crippen LogP contribution in [-0.4, -0.2) is 18.6 Å². The van der Waals surface area contributed by atoms with Gasteiger partial charge in [0.1, 0.15) is 0 Å². The van der Waals surface area contributed by atoms with Crippen LogP contribution < -0.4 is 5.32 Å². The Morgan fingerprint density at radius 3 is 2.77 bits per heavy atom. The molecule has 3 heteroatoms. The average molecular weight is 194 g/mol. The van der Waals surface area contributed by atoms with E-state index in [1.165, 1.54) is 0 Å². The fourth-order valence-electron chi connectivity index (χ4n) is 0.978. The molecule has 0 unspecified atom stereocenters. The van der Waals surface area contributed by atoms with E-state index in [2.05, 4.69) is 22.1 Å². The molecule has 1 N–H and O–H groups in total. The van der Waals surface area contributed by atoms with Gasteiger partial charge in [-0.05, 0) is 20.9 Å². The fraction of sp³-hybridized carbons (Fsp3) is 0.500. The number of nitrogens with one attached hydrogen (secondary N) is 1. The Morgan fingerprint density at radius 2 is 2.23 bits per heavy atom. The number of rotatable bonds is 2. The van der Waals surface area contributed by atoms with E-state index >= 15 is 0 Å². The lowest BCUT2D eigenvalue weighted by atomic mass is 10.3. The quantitative estimate of drug-likeness (QED) is 0.573. The second kappa shape index (κ2) is 5.00. The largest absolute Gasteiger partial charge is 0.319 e. The van der Waals surface area contributed by atoms with Crippen LogP contribution in [0.3, 0.4) is 0 Å². The molecule has 0 atom stereocenters. The van der Waals surface area contributed by atoms with Crippen molar-refractivity contribution < 1.29 is 0 Å². The standard InChI is InChI=1S/C10H14N2S/c1-8-10(13-9(2)12-8)6-4-5-7-11-3/h11H,5,7H2,1-3H3. The van der Waals surface area contributed by atoms with Gasteiger partial charge >= 0.3 is 0 Å². The first-order chi connectivity index (χ1) is 6.24. The first kappa shape index (κ1) is 10.2. The lowest BCUT2D eigenvalue weighted by Gasteiger charge is -1.87. The van der Waals surface area contributed by atoms with E-state index < -0.39 is 0 Å². The average Bonchev–Trinajstić information content (AvgIpc) is 2.39. The van der Waals surface area contributed by atoms with Gasteiger partial charge in [0.05, 0.1) is 15.6 Å². The van der Waals surface area contributed by atoms with Crippen LogP contribution in [0.2, 0.25) is 0 Å². The summed E-state index contributed by atoms with van der Waals surface area (Å²) in [5.74, 6) is 6.25. The molecule has 1 rings (SSSR count). The van der Waals surface area contributed by atoms with Crippen LogP contribution in [0.1, 0.15) is 22.0 Å². The highest BCUT2D eigenvalue weighted by atomic mass is 32.1. The molecule has 0 amide bonds. The maximum absolute atomic E-state index is 4.31. The molecule has 0 aliphatic heterocycles. The van der Waals surface area contributed by atoms with Crippen LogP contribution in [0.5, 0.6) is 0 Å². The van der Waals surface area contributed by atoms with Gasteiger partial charge in [-0.15, -0.1) is 11.3 Å². The van der Waals surface area contributed by atoms with Crippen molar-refractivity contribution >= 4 is 11.3 Å². The Morgan fingerprint density at radius 1 is 1.46 bits per heavy atom. The van der Waals surface area contributed by atoms with Crippen molar-refractivity contribution in [1.29, 1.82) is 0 Å². The van der Waals surface area contributed by atoms with Gasteiger partial charge in [-0.1, -0.05) is 11.8 Å². The van der Waals surface area contributed by atoms with Crippen molar-refractivity contribution in [1.82, 2.24) is 10.3 Å². The summed E-state index contributed by atoms with van der Waals surface area (Å²) in [6.45, 7) is 4.96. The Balaban J connectivity index is 2.60. The highest BCUT2D eigenvalue weighted by Crippen LogP contribution is 2.15. The van der Waals surface area contributed by atoms with Gasteiger partial charge in [-0.25, -0.2) is 4.98 Å². The first-order valence-corrected chi connectivity index (χ1v) is 5.13. The topological polar surface area (TPSA) is 24.9 Å². The van der Waals surface area contributed by atoms with Gasteiger partial charge in [0.15, 0.2) is 0 Å². The van der Waals surface area contributed by atoms with E-state index in [1.807, 2.05) is 20.9 Å². The third-order valence-corrected chi connectivity index (χ3v) is 2.59. The smallest absolute Gasteiger partial charge is 0.0998 e. The summed E-state index contributed by atoms with van der Waals surface area (Å²) in [5.41, 5.74) is 1.06. The number of nitrogens with zero attached hydrogens (tertiary/aromatic N) is 1. The summed E-state index contributed by atoms with van der Waals surface area (Å²) in [5, 5.41) is 4.15. The Hall–Kier alpha value is -0.850. The monoisotopic (exact) mass is 194 g/mol. The molecule has 0 radical (unpaired) electrons. The summed E-state index contributed by atoms with van der Waals surface area (Å²) < 4.78 is 0. The summed E-state index contributed by atoms with van der Waals surface area (Å²) in [6.07, 6.45) is 0.896. The van der Waals surface area contributed by atoms with Gasteiger partial charge < -0.3 is 5.32 Å². The van der Waals surface area contributed by atoms with Gasteiger partial charge in [-0.2, -0.15) is 0 Å². The number of aryl methyl sites for hydroxylation is 2. The van der Waals surface area contributed by atoms with E-state index in [9.17, 15) is 0 Å². The summed E-state index contributed by atoms with van der Waals surface area (Å²) in [7, 11) is 1.93. The zero-order valence-corrected chi connectivity index (χ0v) is 9.09. The molecular formula is C10H14N2S. The molecule has 1 heterocycles. The maximum atomic E-state index is 4.31. The van der Waals surface area contributed by atoms with Gasteiger partial charge in [-0.3, -0.25) is 0 Å². The Bertz CT molecular complexity index is 330. The van der Waals surface area contributed by atoms with Crippen molar-refractivity contribution in [3.8, 4) is 11.8 Å². The molecule has 1 aromatic heterocycles.